The van der Waals surface area contributed by atoms with Crippen LogP contribution in [0.5, 0.6) is 0 Å². The van der Waals surface area contributed by atoms with Crippen LogP contribution in [-0.2, 0) is 9.53 Å². The first-order chi connectivity index (χ1) is 8.22. The lowest BCUT2D eigenvalue weighted by Crippen LogP contribution is -2.29. The van der Waals surface area contributed by atoms with Crippen molar-refractivity contribution in [1.82, 2.24) is 4.98 Å². The fraction of sp³-hybridized carbons (Fsp3) is 0.692. The number of aromatic nitrogens is 1. The van der Waals surface area contributed by atoms with Gasteiger partial charge in [-0.1, -0.05) is 6.92 Å². The summed E-state index contributed by atoms with van der Waals surface area (Å²) in [7, 11) is 0. The summed E-state index contributed by atoms with van der Waals surface area (Å²) in [5.41, 5.74) is 0. The van der Waals surface area contributed by atoms with Gasteiger partial charge in [-0.25, -0.2) is 4.98 Å². The molecule has 1 fully saturated rings. The summed E-state index contributed by atoms with van der Waals surface area (Å²) in [6.45, 7) is 4.50. The number of ether oxygens (including phenoxy) is 1. The normalized spacial score (nSPS) is 28.9. The highest BCUT2D eigenvalue weighted by Gasteiger charge is 2.34. The molecule has 1 aliphatic carbocycles. The van der Waals surface area contributed by atoms with E-state index in [-0.39, 0.29) is 11.9 Å². The summed E-state index contributed by atoms with van der Waals surface area (Å²) in [5, 5.41) is 3.25. The summed E-state index contributed by atoms with van der Waals surface area (Å²) in [5.74, 6) is 1.01. The molecule has 1 aromatic rings. The van der Waals surface area contributed by atoms with Crippen molar-refractivity contribution < 1.29 is 9.53 Å². The summed E-state index contributed by atoms with van der Waals surface area (Å²) in [4.78, 5) is 16.1. The van der Waals surface area contributed by atoms with E-state index in [2.05, 4.69) is 11.9 Å². The van der Waals surface area contributed by atoms with Gasteiger partial charge in [-0.2, -0.15) is 0 Å². The Balaban J connectivity index is 1.95. The van der Waals surface area contributed by atoms with E-state index in [4.69, 9.17) is 4.74 Å². The van der Waals surface area contributed by atoms with Crippen LogP contribution in [0.1, 0.15) is 44.0 Å². The average molecular weight is 253 g/mol. The molecule has 0 aliphatic heterocycles. The van der Waals surface area contributed by atoms with Gasteiger partial charge in [0.15, 0.2) is 0 Å². The molecule has 3 atom stereocenters. The van der Waals surface area contributed by atoms with Gasteiger partial charge in [-0.15, -0.1) is 11.3 Å². The Morgan fingerprint density at radius 3 is 3.00 bits per heavy atom. The van der Waals surface area contributed by atoms with Crippen LogP contribution in [0.2, 0.25) is 0 Å². The lowest BCUT2D eigenvalue weighted by molar-refractivity contribution is -0.151. The molecule has 0 radical (unpaired) electrons. The first-order valence-corrected chi connectivity index (χ1v) is 7.16. The van der Waals surface area contributed by atoms with Gasteiger partial charge in [0.2, 0.25) is 0 Å². The van der Waals surface area contributed by atoms with Gasteiger partial charge in [0.05, 0.1) is 17.5 Å². The second-order valence-corrected chi connectivity index (χ2v) is 5.64. The average Bonchev–Trinajstić information content (AvgIpc) is 2.82. The van der Waals surface area contributed by atoms with Gasteiger partial charge in [0, 0.05) is 17.5 Å². The lowest BCUT2D eigenvalue weighted by atomic mass is 9.75. The monoisotopic (exact) mass is 253 g/mol. The minimum Gasteiger partial charge on any atom is -0.466 e. The number of rotatable bonds is 3. The van der Waals surface area contributed by atoms with Crippen LogP contribution in [0, 0.1) is 11.8 Å². The molecule has 94 valence electrons. The predicted molar refractivity (Wildman–Crippen MR) is 68.0 cm³/mol. The first kappa shape index (κ1) is 12.6. The Kier molecular flexibility index (Phi) is 4.15. The maximum absolute atomic E-state index is 11.8. The third-order valence-electron chi connectivity index (χ3n) is 3.56. The van der Waals surface area contributed by atoms with Crippen molar-refractivity contribution in [3.63, 3.8) is 0 Å². The number of carbonyl (C=O) groups is 1. The van der Waals surface area contributed by atoms with E-state index in [0.29, 0.717) is 18.4 Å². The van der Waals surface area contributed by atoms with Crippen LogP contribution in [0.25, 0.3) is 0 Å². The predicted octanol–water partition coefficient (Wildman–Crippen LogP) is 3.23. The maximum Gasteiger partial charge on any atom is 0.309 e. The lowest BCUT2D eigenvalue weighted by Gasteiger charge is -2.31. The molecule has 1 aromatic heterocycles. The molecule has 0 bridgehead atoms. The Morgan fingerprint density at radius 2 is 2.41 bits per heavy atom. The third-order valence-corrected chi connectivity index (χ3v) is 4.50. The second-order valence-electron chi connectivity index (χ2n) is 4.72. The Morgan fingerprint density at radius 1 is 1.59 bits per heavy atom. The summed E-state index contributed by atoms with van der Waals surface area (Å²) >= 11 is 1.72. The number of thiazole rings is 1. The zero-order valence-corrected chi connectivity index (χ0v) is 11.2. The molecule has 1 aliphatic rings. The van der Waals surface area contributed by atoms with E-state index < -0.39 is 0 Å². The molecule has 2 rings (SSSR count). The third kappa shape index (κ3) is 2.86. The van der Waals surface area contributed by atoms with Crippen LogP contribution >= 0.6 is 11.3 Å². The first-order valence-electron chi connectivity index (χ1n) is 6.28. The number of esters is 1. The second kappa shape index (κ2) is 5.63. The van der Waals surface area contributed by atoms with E-state index in [0.717, 1.165) is 19.3 Å². The highest BCUT2D eigenvalue weighted by atomic mass is 32.1. The van der Waals surface area contributed by atoms with Crippen LogP contribution < -0.4 is 0 Å². The Hall–Kier alpha value is -0.900. The molecule has 3 nitrogen and oxygen atoms in total. The van der Waals surface area contributed by atoms with Crippen LogP contribution in [0.4, 0.5) is 0 Å². The smallest absolute Gasteiger partial charge is 0.309 e. The molecular formula is C13H19NO2S. The highest BCUT2D eigenvalue weighted by molar-refractivity contribution is 7.09. The minimum atomic E-state index is -0.0161. The molecule has 1 heterocycles. The molecular weight excluding hydrogens is 234 g/mol. The van der Waals surface area contributed by atoms with Crippen molar-refractivity contribution in [1.29, 1.82) is 0 Å². The topological polar surface area (TPSA) is 39.2 Å². The van der Waals surface area contributed by atoms with Crippen LogP contribution in [0.15, 0.2) is 11.6 Å². The molecule has 0 amide bonds. The molecule has 4 heteroatoms. The van der Waals surface area contributed by atoms with Gasteiger partial charge in [0.1, 0.15) is 0 Å². The van der Waals surface area contributed by atoms with Crippen molar-refractivity contribution >= 4 is 17.3 Å². The van der Waals surface area contributed by atoms with Crippen molar-refractivity contribution in [3.8, 4) is 0 Å². The molecule has 1 saturated carbocycles. The molecule has 0 N–H and O–H groups in total. The van der Waals surface area contributed by atoms with Gasteiger partial charge in [-0.3, -0.25) is 4.79 Å². The fourth-order valence-electron chi connectivity index (χ4n) is 2.66. The standard InChI is InChI=1S/C13H19NO2S/c1-3-16-13(15)11-5-4-10(8-9(11)2)12-14-6-7-17-12/h6-7,9-11H,3-5,8H2,1-2H3. The van der Waals surface area contributed by atoms with Crippen molar-refractivity contribution in [2.24, 2.45) is 11.8 Å². The van der Waals surface area contributed by atoms with E-state index >= 15 is 0 Å². The van der Waals surface area contributed by atoms with E-state index in [1.165, 1.54) is 5.01 Å². The van der Waals surface area contributed by atoms with Crippen LogP contribution in [-0.4, -0.2) is 17.6 Å². The van der Waals surface area contributed by atoms with E-state index in [1.54, 1.807) is 11.3 Å². The molecule has 17 heavy (non-hydrogen) atoms. The molecule has 0 saturated heterocycles. The van der Waals surface area contributed by atoms with Gasteiger partial charge < -0.3 is 4.74 Å². The zero-order valence-electron chi connectivity index (χ0n) is 10.4. The largest absolute Gasteiger partial charge is 0.466 e. The SMILES string of the molecule is CCOC(=O)C1CCC(c2nccs2)CC1C. The van der Waals surface area contributed by atoms with Gasteiger partial charge in [-0.05, 0) is 32.1 Å². The van der Waals surface area contributed by atoms with E-state index in [9.17, 15) is 4.79 Å². The van der Waals surface area contributed by atoms with Crippen molar-refractivity contribution in [2.75, 3.05) is 6.61 Å². The maximum atomic E-state index is 11.8. The van der Waals surface area contributed by atoms with E-state index in [1.807, 2.05) is 18.5 Å². The van der Waals surface area contributed by atoms with Gasteiger partial charge >= 0.3 is 5.97 Å². The van der Waals surface area contributed by atoms with Crippen molar-refractivity contribution in [2.45, 2.75) is 39.0 Å². The summed E-state index contributed by atoms with van der Waals surface area (Å²) in [6, 6.07) is 0. The number of hydrogen-bond donors (Lipinski definition) is 0. The van der Waals surface area contributed by atoms with Gasteiger partial charge in [0.25, 0.3) is 0 Å². The highest BCUT2D eigenvalue weighted by Crippen LogP contribution is 2.40. The molecule has 0 spiro atoms. The Bertz CT molecular complexity index is 364. The zero-order chi connectivity index (χ0) is 12.3. The number of carbonyl (C=O) groups excluding carboxylic acids is 1. The van der Waals surface area contributed by atoms with Crippen LogP contribution in [0.3, 0.4) is 0 Å². The Labute approximate surface area is 106 Å². The fourth-order valence-corrected chi connectivity index (χ4v) is 3.45. The number of nitrogens with zero attached hydrogens (tertiary/aromatic N) is 1. The molecule has 0 aromatic carbocycles. The summed E-state index contributed by atoms with van der Waals surface area (Å²) < 4.78 is 5.13. The minimum absolute atomic E-state index is 0.0161. The van der Waals surface area contributed by atoms with Crippen molar-refractivity contribution in [3.05, 3.63) is 16.6 Å². The summed E-state index contributed by atoms with van der Waals surface area (Å²) in [6.07, 6.45) is 4.91. The number of hydrogen-bond acceptors (Lipinski definition) is 4. The molecule has 3 unspecified atom stereocenters. The quantitative estimate of drug-likeness (QED) is 0.776.